The number of primary sulfonamides is 1. The van der Waals surface area contributed by atoms with Crippen molar-refractivity contribution in [2.45, 2.75) is 24.7 Å². The summed E-state index contributed by atoms with van der Waals surface area (Å²) >= 11 is 0. The van der Waals surface area contributed by atoms with Crippen LogP contribution < -0.4 is 5.14 Å². The second-order valence-electron chi connectivity index (χ2n) is 4.82. The Hall–Kier alpha value is -1.17. The summed E-state index contributed by atoms with van der Waals surface area (Å²) in [5.74, 6) is 0. The summed E-state index contributed by atoms with van der Waals surface area (Å²) in [6.45, 7) is 5.09. The molecule has 104 valence electrons. The summed E-state index contributed by atoms with van der Waals surface area (Å²) in [6.07, 6.45) is 4.12. The Morgan fingerprint density at radius 2 is 2.05 bits per heavy atom. The van der Waals surface area contributed by atoms with Gasteiger partial charge in [-0.3, -0.25) is 4.90 Å². The molecule has 19 heavy (non-hydrogen) atoms. The molecule has 0 saturated carbocycles. The topological polar surface area (TPSA) is 63.4 Å². The maximum atomic E-state index is 11.6. The first-order chi connectivity index (χ1) is 9.02. The van der Waals surface area contributed by atoms with Crippen LogP contribution in [0.1, 0.15) is 25.3 Å². The van der Waals surface area contributed by atoms with Gasteiger partial charge in [0.25, 0.3) is 0 Å². The van der Waals surface area contributed by atoms with Crippen LogP contribution in [0.3, 0.4) is 0 Å². The SMILES string of the molecule is CCCN1CC=C(c2ccccc2S(N)(=O)=O)CC1. The summed E-state index contributed by atoms with van der Waals surface area (Å²) in [5, 5.41) is 5.27. The van der Waals surface area contributed by atoms with Gasteiger partial charge in [0.2, 0.25) is 10.0 Å². The van der Waals surface area contributed by atoms with Gasteiger partial charge in [0.1, 0.15) is 0 Å². The molecule has 0 aromatic heterocycles. The number of sulfonamides is 1. The van der Waals surface area contributed by atoms with Crippen LogP contribution in [-0.2, 0) is 10.0 Å². The van der Waals surface area contributed by atoms with Crippen LogP contribution in [0.4, 0.5) is 0 Å². The number of rotatable bonds is 4. The monoisotopic (exact) mass is 280 g/mol. The van der Waals surface area contributed by atoms with Crippen molar-refractivity contribution in [3.05, 3.63) is 35.9 Å². The van der Waals surface area contributed by atoms with Crippen molar-refractivity contribution >= 4 is 15.6 Å². The van der Waals surface area contributed by atoms with E-state index in [0.29, 0.717) is 0 Å². The molecule has 1 aromatic rings. The van der Waals surface area contributed by atoms with E-state index in [4.69, 9.17) is 5.14 Å². The molecule has 2 rings (SSSR count). The third-order valence-corrected chi connectivity index (χ3v) is 4.34. The van der Waals surface area contributed by atoms with E-state index < -0.39 is 10.0 Å². The van der Waals surface area contributed by atoms with Crippen molar-refractivity contribution in [2.75, 3.05) is 19.6 Å². The van der Waals surface area contributed by atoms with Crippen LogP contribution in [-0.4, -0.2) is 33.0 Å². The molecule has 1 aliphatic rings. The molecular weight excluding hydrogens is 260 g/mol. The normalized spacial score (nSPS) is 17.3. The molecule has 2 N–H and O–H groups in total. The minimum Gasteiger partial charge on any atom is -0.299 e. The van der Waals surface area contributed by atoms with E-state index in [1.54, 1.807) is 12.1 Å². The van der Waals surface area contributed by atoms with Crippen LogP contribution in [0.5, 0.6) is 0 Å². The quantitative estimate of drug-likeness (QED) is 0.915. The molecule has 5 heteroatoms. The zero-order valence-electron chi connectivity index (χ0n) is 11.2. The zero-order chi connectivity index (χ0) is 13.9. The molecule has 0 unspecified atom stereocenters. The zero-order valence-corrected chi connectivity index (χ0v) is 12.0. The lowest BCUT2D eigenvalue weighted by Crippen LogP contribution is -2.29. The lowest BCUT2D eigenvalue weighted by Gasteiger charge is -2.26. The van der Waals surface area contributed by atoms with Gasteiger partial charge in [0.15, 0.2) is 0 Å². The second kappa shape index (κ2) is 5.86. The van der Waals surface area contributed by atoms with Crippen LogP contribution >= 0.6 is 0 Å². The van der Waals surface area contributed by atoms with Gasteiger partial charge in [-0.25, -0.2) is 13.6 Å². The van der Waals surface area contributed by atoms with E-state index >= 15 is 0 Å². The highest BCUT2D eigenvalue weighted by molar-refractivity contribution is 7.89. The number of nitrogens with two attached hydrogens (primary N) is 1. The van der Waals surface area contributed by atoms with Gasteiger partial charge >= 0.3 is 0 Å². The first kappa shape index (κ1) is 14.2. The van der Waals surface area contributed by atoms with E-state index in [1.165, 1.54) is 0 Å². The lowest BCUT2D eigenvalue weighted by atomic mass is 9.99. The van der Waals surface area contributed by atoms with Crippen LogP contribution in [0.2, 0.25) is 0 Å². The predicted octanol–water partition coefficient (Wildman–Crippen LogP) is 1.83. The number of hydrogen-bond acceptors (Lipinski definition) is 3. The second-order valence-corrected chi connectivity index (χ2v) is 6.35. The van der Waals surface area contributed by atoms with Crippen LogP contribution in [0, 0.1) is 0 Å². The van der Waals surface area contributed by atoms with E-state index in [0.717, 1.165) is 43.6 Å². The Balaban J connectivity index is 2.29. The fraction of sp³-hybridized carbons (Fsp3) is 0.429. The lowest BCUT2D eigenvalue weighted by molar-refractivity contribution is 0.302. The van der Waals surface area contributed by atoms with E-state index in [9.17, 15) is 8.42 Å². The highest BCUT2D eigenvalue weighted by Gasteiger charge is 2.18. The minimum atomic E-state index is -3.66. The molecule has 0 amide bonds. The van der Waals surface area contributed by atoms with E-state index in [-0.39, 0.29) is 4.90 Å². The van der Waals surface area contributed by atoms with Crippen molar-refractivity contribution in [1.82, 2.24) is 4.90 Å². The van der Waals surface area contributed by atoms with Gasteiger partial charge < -0.3 is 0 Å². The fourth-order valence-corrected chi connectivity index (χ4v) is 3.23. The average molecular weight is 280 g/mol. The van der Waals surface area contributed by atoms with Gasteiger partial charge in [-0.2, -0.15) is 0 Å². The number of nitrogens with zero attached hydrogens (tertiary/aromatic N) is 1. The maximum Gasteiger partial charge on any atom is 0.238 e. The summed E-state index contributed by atoms with van der Waals surface area (Å²) in [6, 6.07) is 6.96. The van der Waals surface area contributed by atoms with Crippen molar-refractivity contribution < 1.29 is 8.42 Å². The Labute approximate surface area is 115 Å². The summed E-state index contributed by atoms with van der Waals surface area (Å²) in [7, 11) is -3.66. The van der Waals surface area contributed by atoms with Gasteiger partial charge in [0, 0.05) is 13.1 Å². The summed E-state index contributed by atoms with van der Waals surface area (Å²) in [4.78, 5) is 2.59. The third kappa shape index (κ3) is 3.43. The van der Waals surface area contributed by atoms with Crippen LogP contribution in [0.25, 0.3) is 5.57 Å². The van der Waals surface area contributed by atoms with Crippen LogP contribution in [0.15, 0.2) is 35.2 Å². The molecular formula is C14H20N2O2S. The predicted molar refractivity (Wildman–Crippen MR) is 77.1 cm³/mol. The molecule has 1 aromatic carbocycles. The van der Waals surface area contributed by atoms with Gasteiger partial charge in [-0.05, 0) is 36.6 Å². The Morgan fingerprint density at radius 1 is 1.32 bits per heavy atom. The minimum absolute atomic E-state index is 0.227. The van der Waals surface area contributed by atoms with E-state index in [2.05, 4.69) is 17.9 Å². The van der Waals surface area contributed by atoms with Gasteiger partial charge in [-0.15, -0.1) is 0 Å². The summed E-state index contributed by atoms with van der Waals surface area (Å²) < 4.78 is 23.2. The molecule has 0 saturated heterocycles. The van der Waals surface area contributed by atoms with Crippen molar-refractivity contribution in [3.8, 4) is 0 Å². The highest BCUT2D eigenvalue weighted by atomic mass is 32.2. The average Bonchev–Trinajstić information content (AvgIpc) is 2.39. The third-order valence-electron chi connectivity index (χ3n) is 3.37. The molecule has 1 heterocycles. The number of benzene rings is 1. The maximum absolute atomic E-state index is 11.6. The van der Waals surface area contributed by atoms with Crippen molar-refractivity contribution in [2.24, 2.45) is 5.14 Å². The first-order valence-corrected chi connectivity index (χ1v) is 8.10. The highest BCUT2D eigenvalue weighted by Crippen LogP contribution is 2.27. The molecule has 4 nitrogen and oxygen atoms in total. The Morgan fingerprint density at radius 3 is 2.63 bits per heavy atom. The smallest absolute Gasteiger partial charge is 0.238 e. The Bertz CT molecular complexity index is 579. The van der Waals surface area contributed by atoms with Crippen molar-refractivity contribution in [1.29, 1.82) is 0 Å². The first-order valence-electron chi connectivity index (χ1n) is 6.56. The van der Waals surface area contributed by atoms with Crippen molar-refractivity contribution in [3.63, 3.8) is 0 Å². The molecule has 0 bridgehead atoms. The molecule has 1 aliphatic heterocycles. The summed E-state index contributed by atoms with van der Waals surface area (Å²) in [5.41, 5.74) is 1.83. The standard InChI is InChI=1S/C14H20N2O2S/c1-2-9-16-10-7-12(8-11-16)13-5-3-4-6-14(13)19(15,17)18/h3-7H,2,8-11H2,1H3,(H2,15,17,18). The fourth-order valence-electron chi connectivity index (χ4n) is 2.46. The molecule has 0 spiro atoms. The van der Waals surface area contributed by atoms with Gasteiger partial charge in [-0.1, -0.05) is 31.2 Å². The van der Waals surface area contributed by atoms with Gasteiger partial charge in [0.05, 0.1) is 4.90 Å². The molecule has 0 fully saturated rings. The Kier molecular flexibility index (Phi) is 4.39. The van der Waals surface area contributed by atoms with E-state index in [1.807, 2.05) is 12.1 Å². The largest absolute Gasteiger partial charge is 0.299 e. The molecule has 0 atom stereocenters. The molecule has 0 radical (unpaired) electrons. The molecule has 0 aliphatic carbocycles. The number of hydrogen-bond donors (Lipinski definition) is 1.